The Hall–Kier alpha value is -0.860. The number of carbonyl (C=O) groups is 1. The fourth-order valence-corrected chi connectivity index (χ4v) is 2.30. The van der Waals surface area contributed by atoms with Gasteiger partial charge in [0.2, 0.25) is 0 Å². The van der Waals surface area contributed by atoms with Gasteiger partial charge in [-0.2, -0.15) is 0 Å². The molecule has 2 rings (SSSR count). The van der Waals surface area contributed by atoms with Crippen LogP contribution in [0, 0.1) is 5.92 Å². The van der Waals surface area contributed by atoms with Gasteiger partial charge in [0.15, 0.2) is 0 Å². The van der Waals surface area contributed by atoms with Crippen molar-refractivity contribution < 1.29 is 4.79 Å². The van der Waals surface area contributed by atoms with Crippen LogP contribution in [0.5, 0.6) is 0 Å². The van der Waals surface area contributed by atoms with E-state index in [-0.39, 0.29) is 0 Å². The summed E-state index contributed by atoms with van der Waals surface area (Å²) >= 11 is 0. The summed E-state index contributed by atoms with van der Waals surface area (Å²) in [7, 11) is 0. The van der Waals surface area contributed by atoms with Gasteiger partial charge in [0.1, 0.15) is 11.6 Å². The topological polar surface area (TPSA) is 41.5 Å². The zero-order valence-electron chi connectivity index (χ0n) is 8.59. The molecule has 1 fully saturated rings. The van der Waals surface area contributed by atoms with Crippen molar-refractivity contribution >= 4 is 11.6 Å². The number of carbonyl (C=O) groups excluding carboxylic acids is 1. The molecule has 1 N–H and O–H groups in total. The van der Waals surface area contributed by atoms with Crippen molar-refractivity contribution in [1.82, 2.24) is 5.32 Å². The lowest BCUT2D eigenvalue weighted by Crippen LogP contribution is -2.26. The Labute approximate surface area is 85.0 Å². The van der Waals surface area contributed by atoms with Crippen LogP contribution in [-0.4, -0.2) is 24.7 Å². The van der Waals surface area contributed by atoms with Gasteiger partial charge in [-0.15, -0.1) is 0 Å². The second-order valence-corrected chi connectivity index (χ2v) is 4.23. The highest BCUT2D eigenvalue weighted by atomic mass is 16.1. The molecule has 3 nitrogen and oxygen atoms in total. The summed E-state index contributed by atoms with van der Waals surface area (Å²) in [4.78, 5) is 16.1. The third-order valence-corrected chi connectivity index (χ3v) is 3.15. The van der Waals surface area contributed by atoms with Crippen LogP contribution in [0.4, 0.5) is 0 Å². The van der Waals surface area contributed by atoms with E-state index < -0.39 is 0 Å². The van der Waals surface area contributed by atoms with Crippen molar-refractivity contribution in [2.75, 3.05) is 13.1 Å². The highest BCUT2D eigenvalue weighted by Crippen LogP contribution is 2.25. The fourth-order valence-electron chi connectivity index (χ4n) is 2.30. The summed E-state index contributed by atoms with van der Waals surface area (Å²) in [6.45, 7) is 1.75. The van der Waals surface area contributed by atoms with Crippen LogP contribution in [0.3, 0.4) is 0 Å². The Bertz CT molecular complexity index is 242. The Morgan fingerprint density at radius 1 is 1.36 bits per heavy atom. The second-order valence-electron chi connectivity index (χ2n) is 4.23. The number of hydrogen-bond acceptors (Lipinski definition) is 3. The molecule has 78 valence electrons. The van der Waals surface area contributed by atoms with E-state index in [0.29, 0.717) is 18.1 Å². The highest BCUT2D eigenvalue weighted by Gasteiger charge is 2.22. The van der Waals surface area contributed by atoms with Crippen LogP contribution in [0.25, 0.3) is 0 Å². The molecule has 2 aliphatic rings. The van der Waals surface area contributed by atoms with Crippen LogP contribution in [0.2, 0.25) is 0 Å². The summed E-state index contributed by atoms with van der Waals surface area (Å²) in [5, 5.41) is 3.16. The number of nitrogens with one attached hydrogen (secondary N) is 1. The quantitative estimate of drug-likeness (QED) is 0.740. The van der Waals surface area contributed by atoms with Crippen LogP contribution in [-0.2, 0) is 4.79 Å². The summed E-state index contributed by atoms with van der Waals surface area (Å²) in [6, 6.07) is 0. The van der Waals surface area contributed by atoms with Gasteiger partial charge < -0.3 is 5.32 Å². The van der Waals surface area contributed by atoms with E-state index in [1.165, 1.54) is 19.3 Å². The lowest BCUT2D eigenvalue weighted by Gasteiger charge is -2.20. The van der Waals surface area contributed by atoms with Gasteiger partial charge >= 0.3 is 0 Å². The normalized spacial score (nSPS) is 23.0. The van der Waals surface area contributed by atoms with Crippen LogP contribution in [0.15, 0.2) is 4.99 Å². The maximum atomic E-state index is 11.8. The van der Waals surface area contributed by atoms with E-state index in [4.69, 9.17) is 0 Å². The third-order valence-electron chi connectivity index (χ3n) is 3.15. The first-order valence-corrected chi connectivity index (χ1v) is 5.66. The van der Waals surface area contributed by atoms with Crippen molar-refractivity contribution in [3.63, 3.8) is 0 Å². The van der Waals surface area contributed by atoms with E-state index >= 15 is 0 Å². The van der Waals surface area contributed by atoms with Crippen molar-refractivity contribution in [3.8, 4) is 0 Å². The first-order chi connectivity index (χ1) is 6.86. The minimum Gasteiger partial charge on any atom is -0.372 e. The molecule has 0 spiro atoms. The second kappa shape index (κ2) is 4.58. The van der Waals surface area contributed by atoms with Crippen molar-refractivity contribution in [3.05, 3.63) is 0 Å². The van der Waals surface area contributed by atoms with Gasteiger partial charge in [0.05, 0.1) is 13.0 Å². The zero-order chi connectivity index (χ0) is 9.80. The predicted octanol–water partition coefficient (Wildman–Crippen LogP) is 1.53. The van der Waals surface area contributed by atoms with Crippen LogP contribution >= 0.6 is 0 Å². The molecular weight excluding hydrogens is 176 g/mol. The molecule has 1 aliphatic carbocycles. The monoisotopic (exact) mass is 194 g/mol. The van der Waals surface area contributed by atoms with Crippen molar-refractivity contribution in [2.24, 2.45) is 10.9 Å². The van der Waals surface area contributed by atoms with Crippen molar-refractivity contribution in [2.45, 2.75) is 38.5 Å². The van der Waals surface area contributed by atoms with E-state index in [0.717, 1.165) is 31.8 Å². The average molecular weight is 194 g/mol. The molecule has 1 saturated carbocycles. The summed E-state index contributed by atoms with van der Waals surface area (Å²) < 4.78 is 0. The summed E-state index contributed by atoms with van der Waals surface area (Å²) in [5.41, 5.74) is 0. The number of rotatable bonds is 3. The van der Waals surface area contributed by atoms with Gasteiger partial charge in [-0.25, -0.2) is 0 Å². The number of ketones is 1. The molecule has 0 amide bonds. The first kappa shape index (κ1) is 9.69. The predicted molar refractivity (Wildman–Crippen MR) is 56.5 cm³/mol. The van der Waals surface area contributed by atoms with E-state index in [1.807, 2.05) is 0 Å². The van der Waals surface area contributed by atoms with Gasteiger partial charge in [0, 0.05) is 12.5 Å². The summed E-state index contributed by atoms with van der Waals surface area (Å²) in [6.07, 6.45) is 6.53. The lowest BCUT2D eigenvalue weighted by atomic mass is 9.85. The molecule has 0 aromatic rings. The van der Waals surface area contributed by atoms with E-state index in [2.05, 4.69) is 10.3 Å². The van der Waals surface area contributed by atoms with E-state index in [1.54, 1.807) is 0 Å². The molecule has 0 bridgehead atoms. The van der Waals surface area contributed by atoms with Gasteiger partial charge in [-0.1, -0.05) is 19.3 Å². The fraction of sp³-hybridized carbons (Fsp3) is 0.818. The molecule has 0 aromatic carbocycles. The summed E-state index contributed by atoms with van der Waals surface area (Å²) in [5.74, 6) is 1.65. The standard InChI is InChI=1S/C11H18N2O/c14-10(8-11-12-6-7-13-11)9-4-2-1-3-5-9/h9H,1-8H2,(H,12,13). The highest BCUT2D eigenvalue weighted by molar-refractivity contribution is 6.02. The Kier molecular flexibility index (Phi) is 3.17. The third kappa shape index (κ3) is 2.34. The number of Topliss-reactive ketones (excluding diaryl/α,β-unsaturated/α-hetero) is 1. The van der Waals surface area contributed by atoms with E-state index in [9.17, 15) is 4.79 Å². The molecule has 14 heavy (non-hydrogen) atoms. The number of nitrogens with zero attached hydrogens (tertiary/aromatic N) is 1. The molecule has 0 saturated heterocycles. The molecule has 0 radical (unpaired) electrons. The minimum atomic E-state index is 0.328. The van der Waals surface area contributed by atoms with Gasteiger partial charge in [0.25, 0.3) is 0 Å². The smallest absolute Gasteiger partial charge is 0.143 e. The number of hydrogen-bond donors (Lipinski definition) is 1. The zero-order valence-corrected chi connectivity index (χ0v) is 8.59. The van der Waals surface area contributed by atoms with Gasteiger partial charge in [-0.05, 0) is 12.8 Å². The lowest BCUT2D eigenvalue weighted by molar-refractivity contribution is -0.122. The SMILES string of the molecule is O=C(CC1=NCCN1)C1CCCCC1. The molecule has 0 unspecified atom stereocenters. The molecule has 1 heterocycles. The molecule has 1 aliphatic heterocycles. The Morgan fingerprint density at radius 3 is 2.79 bits per heavy atom. The van der Waals surface area contributed by atoms with Crippen LogP contribution in [0.1, 0.15) is 38.5 Å². The Balaban J connectivity index is 1.81. The first-order valence-electron chi connectivity index (χ1n) is 5.66. The van der Waals surface area contributed by atoms with Crippen molar-refractivity contribution in [1.29, 1.82) is 0 Å². The number of aliphatic imine (C=N–C) groups is 1. The number of amidine groups is 1. The maximum absolute atomic E-state index is 11.8. The molecular formula is C11H18N2O. The molecule has 3 heteroatoms. The minimum absolute atomic E-state index is 0.328. The Morgan fingerprint density at radius 2 is 2.14 bits per heavy atom. The molecule has 0 atom stereocenters. The largest absolute Gasteiger partial charge is 0.372 e. The average Bonchev–Trinajstić information content (AvgIpc) is 2.72. The van der Waals surface area contributed by atoms with Gasteiger partial charge in [-0.3, -0.25) is 9.79 Å². The molecule has 0 aromatic heterocycles. The van der Waals surface area contributed by atoms with Crippen LogP contribution < -0.4 is 5.32 Å². The maximum Gasteiger partial charge on any atom is 0.143 e.